The van der Waals surface area contributed by atoms with E-state index in [9.17, 15) is 24.6 Å². The van der Waals surface area contributed by atoms with Crippen LogP contribution in [0.25, 0.3) is 11.1 Å². The van der Waals surface area contributed by atoms with Crippen LogP contribution in [0.1, 0.15) is 30.4 Å². The van der Waals surface area contributed by atoms with Crippen LogP contribution >= 0.6 is 0 Å². The van der Waals surface area contributed by atoms with Crippen LogP contribution in [0.2, 0.25) is 0 Å². The normalized spacial score (nSPS) is 20.3. The van der Waals surface area contributed by atoms with Crippen molar-refractivity contribution >= 4 is 17.7 Å². The lowest BCUT2D eigenvalue weighted by atomic mass is 9.95. The molecule has 4 bridgehead atoms. The van der Waals surface area contributed by atoms with E-state index in [1.807, 2.05) is 0 Å². The van der Waals surface area contributed by atoms with Gasteiger partial charge in [0.15, 0.2) is 0 Å². The summed E-state index contributed by atoms with van der Waals surface area (Å²) in [6.45, 7) is 0.862. The van der Waals surface area contributed by atoms with Gasteiger partial charge >= 0.3 is 0 Å². The number of benzene rings is 2. The Kier molecular flexibility index (Phi) is 10.1. The average Bonchev–Trinajstić information content (AvgIpc) is 2.90. The fraction of sp³-hybridized carbons (Fsp3) is 0.444. The Morgan fingerprint density at radius 1 is 1.00 bits per heavy atom. The highest BCUT2D eigenvalue weighted by Gasteiger charge is 2.33. The number of fused-ring (bicyclic) bond motifs is 5. The summed E-state index contributed by atoms with van der Waals surface area (Å²) in [6.07, 6.45) is 1.59. The van der Waals surface area contributed by atoms with E-state index < -0.39 is 35.8 Å². The van der Waals surface area contributed by atoms with E-state index in [0.29, 0.717) is 36.9 Å². The van der Waals surface area contributed by atoms with Gasteiger partial charge in [-0.1, -0.05) is 12.1 Å². The van der Waals surface area contributed by atoms with Gasteiger partial charge in [-0.15, -0.1) is 0 Å². The smallest absolute Gasteiger partial charge is 0.245 e. The number of carbonyl (C=O) groups excluding carboxylic acids is 3. The second-order valence-corrected chi connectivity index (χ2v) is 9.59. The number of nitrogens with one attached hydrogen (secondary N) is 2. The zero-order chi connectivity index (χ0) is 27.8. The fourth-order valence-corrected chi connectivity index (χ4v) is 4.54. The van der Waals surface area contributed by atoms with Crippen LogP contribution in [0.15, 0.2) is 36.4 Å². The first-order valence-corrected chi connectivity index (χ1v) is 12.8. The summed E-state index contributed by atoms with van der Waals surface area (Å²) in [5.74, 6) is -1.48. The topological polar surface area (TPSA) is 197 Å². The maximum Gasteiger partial charge on any atom is 0.245 e. The van der Waals surface area contributed by atoms with Gasteiger partial charge < -0.3 is 42.9 Å². The summed E-state index contributed by atoms with van der Waals surface area (Å²) in [6, 6.07) is 7.00. The third-order valence-corrected chi connectivity index (χ3v) is 6.81. The summed E-state index contributed by atoms with van der Waals surface area (Å²) in [5.41, 5.74) is 19.8. The minimum absolute atomic E-state index is 0.00716. The SMILES string of the molecule is CN1C(=O)[C@H](CCCCN)NC(=O)[C@H](N)Cc2cc(ccc2O)-c2ccc(O)c(c2)C[C@H]1C(=O)NCCN. The summed E-state index contributed by atoms with van der Waals surface area (Å²) >= 11 is 0. The predicted molar refractivity (Wildman–Crippen MR) is 144 cm³/mol. The Bertz CT molecular complexity index is 1160. The van der Waals surface area contributed by atoms with Crippen molar-refractivity contribution in [3.63, 3.8) is 0 Å². The molecule has 10 N–H and O–H groups in total. The van der Waals surface area contributed by atoms with Gasteiger partial charge in [0.05, 0.1) is 6.04 Å². The zero-order valence-corrected chi connectivity index (χ0v) is 21.7. The molecule has 0 fully saturated rings. The highest BCUT2D eigenvalue weighted by molar-refractivity contribution is 5.93. The lowest BCUT2D eigenvalue weighted by Crippen LogP contribution is -2.57. The molecule has 0 spiro atoms. The van der Waals surface area contributed by atoms with Crippen molar-refractivity contribution in [1.29, 1.82) is 0 Å². The van der Waals surface area contributed by atoms with E-state index in [-0.39, 0.29) is 37.4 Å². The number of hydrogen-bond donors (Lipinski definition) is 7. The second kappa shape index (κ2) is 13.2. The molecule has 3 atom stereocenters. The lowest BCUT2D eigenvalue weighted by Gasteiger charge is -2.31. The molecule has 11 nitrogen and oxygen atoms in total. The minimum atomic E-state index is -1.03. The summed E-state index contributed by atoms with van der Waals surface area (Å²) in [5, 5.41) is 26.6. The molecule has 11 heteroatoms. The zero-order valence-electron chi connectivity index (χ0n) is 21.7. The summed E-state index contributed by atoms with van der Waals surface area (Å²) in [7, 11) is 1.50. The number of unbranched alkanes of at least 4 members (excludes halogenated alkanes) is 1. The van der Waals surface area contributed by atoms with Gasteiger partial charge in [-0.05, 0) is 72.3 Å². The lowest BCUT2D eigenvalue weighted by molar-refractivity contribution is -0.142. The number of nitrogens with two attached hydrogens (primary N) is 3. The number of phenolic OH excluding ortho intramolecular Hbond substituents is 2. The second-order valence-electron chi connectivity index (χ2n) is 9.59. The van der Waals surface area contributed by atoms with E-state index >= 15 is 0 Å². The molecule has 0 saturated heterocycles. The molecule has 1 heterocycles. The van der Waals surface area contributed by atoms with Crippen LogP contribution in [-0.2, 0) is 27.2 Å². The number of aromatic hydroxyl groups is 2. The van der Waals surface area contributed by atoms with Crippen molar-refractivity contribution in [1.82, 2.24) is 15.5 Å². The van der Waals surface area contributed by atoms with Crippen LogP contribution < -0.4 is 27.8 Å². The van der Waals surface area contributed by atoms with Crippen LogP contribution in [0, 0.1) is 0 Å². The Hall–Kier alpha value is -3.67. The number of likely N-dealkylation sites (N-methyl/N-ethyl adjacent to an activating group) is 1. The average molecular weight is 527 g/mol. The molecule has 0 radical (unpaired) electrons. The van der Waals surface area contributed by atoms with Crippen molar-refractivity contribution in [3.8, 4) is 22.6 Å². The molecule has 1 aliphatic rings. The minimum Gasteiger partial charge on any atom is -0.508 e. The van der Waals surface area contributed by atoms with Crippen molar-refractivity contribution in [2.45, 2.75) is 50.2 Å². The number of carbonyl (C=O) groups is 3. The van der Waals surface area contributed by atoms with Crippen molar-refractivity contribution in [3.05, 3.63) is 47.5 Å². The van der Waals surface area contributed by atoms with E-state index in [1.54, 1.807) is 24.3 Å². The van der Waals surface area contributed by atoms with E-state index in [0.717, 1.165) is 11.1 Å². The Morgan fingerprint density at radius 3 is 2.18 bits per heavy atom. The van der Waals surface area contributed by atoms with E-state index in [4.69, 9.17) is 17.2 Å². The number of phenols is 2. The first-order chi connectivity index (χ1) is 18.2. The van der Waals surface area contributed by atoms with Gasteiger partial charge in [-0.25, -0.2) is 0 Å². The first-order valence-electron chi connectivity index (χ1n) is 12.8. The molecule has 2 aromatic rings. The van der Waals surface area contributed by atoms with Crippen LogP contribution in [-0.4, -0.2) is 77.6 Å². The maximum atomic E-state index is 13.7. The Balaban J connectivity index is 2.11. The van der Waals surface area contributed by atoms with Crippen LogP contribution in [0.3, 0.4) is 0 Å². The number of rotatable bonds is 7. The Morgan fingerprint density at radius 2 is 1.61 bits per heavy atom. The molecule has 3 amide bonds. The van der Waals surface area contributed by atoms with Crippen molar-refractivity contribution in [2.24, 2.45) is 17.2 Å². The highest BCUT2D eigenvalue weighted by atomic mass is 16.3. The first kappa shape index (κ1) is 28.9. The molecule has 0 unspecified atom stereocenters. The third-order valence-electron chi connectivity index (χ3n) is 6.81. The summed E-state index contributed by atoms with van der Waals surface area (Å²) < 4.78 is 0. The largest absolute Gasteiger partial charge is 0.508 e. The summed E-state index contributed by atoms with van der Waals surface area (Å²) in [4.78, 5) is 41.2. The molecule has 38 heavy (non-hydrogen) atoms. The standard InChI is InChI=1S/C27H38N6O5/c1-33-22(26(37)31-11-10-29)15-19-13-17(6-8-24(19)35)16-5-7-23(34)18(12-16)14-20(30)25(36)32-21(27(33)38)4-2-3-9-28/h5-8,12-13,20-22,34-35H,2-4,9-11,14-15,28-30H2,1H3,(H,31,37)(H,32,36)/t20-,21+,22+/m1/s1. The molecule has 3 rings (SSSR count). The van der Waals surface area contributed by atoms with E-state index in [1.165, 1.54) is 24.1 Å². The molecule has 206 valence electrons. The molecular formula is C27H38N6O5. The van der Waals surface area contributed by atoms with Crippen LogP contribution in [0.4, 0.5) is 0 Å². The predicted octanol–water partition coefficient (Wildman–Crippen LogP) is -0.294. The van der Waals surface area contributed by atoms with E-state index in [2.05, 4.69) is 10.6 Å². The Labute approximate surface area is 222 Å². The third kappa shape index (κ3) is 7.00. The molecule has 0 saturated carbocycles. The molecule has 1 aliphatic heterocycles. The maximum absolute atomic E-state index is 13.7. The number of nitrogens with zero attached hydrogens (tertiary/aromatic N) is 1. The number of amides is 3. The van der Waals surface area contributed by atoms with Gasteiger partial charge in [-0.3, -0.25) is 14.4 Å². The van der Waals surface area contributed by atoms with Gasteiger partial charge in [0.25, 0.3) is 0 Å². The molecule has 0 aromatic heterocycles. The van der Waals surface area contributed by atoms with Gasteiger partial charge in [0.1, 0.15) is 23.6 Å². The van der Waals surface area contributed by atoms with Crippen LogP contribution in [0.5, 0.6) is 11.5 Å². The fourth-order valence-electron chi connectivity index (χ4n) is 4.54. The monoisotopic (exact) mass is 526 g/mol. The highest BCUT2D eigenvalue weighted by Crippen LogP contribution is 2.31. The van der Waals surface area contributed by atoms with Gasteiger partial charge in [-0.2, -0.15) is 0 Å². The quantitative estimate of drug-likeness (QED) is 0.239. The molecule has 2 aromatic carbocycles. The van der Waals surface area contributed by atoms with Crippen molar-refractivity contribution < 1.29 is 24.6 Å². The number of hydrogen-bond acceptors (Lipinski definition) is 8. The molecule has 0 aliphatic carbocycles. The van der Waals surface area contributed by atoms with Gasteiger partial charge in [0.2, 0.25) is 17.7 Å². The molecular weight excluding hydrogens is 488 g/mol. The van der Waals surface area contributed by atoms with Gasteiger partial charge in [0, 0.05) is 33.0 Å². The van der Waals surface area contributed by atoms with Crippen molar-refractivity contribution in [2.75, 3.05) is 26.7 Å².